The molecule has 0 radical (unpaired) electrons. The number of aliphatic hydroxyl groups is 1. The van der Waals surface area contributed by atoms with Crippen molar-refractivity contribution in [3.8, 4) is 0 Å². The number of nitrogens with zero attached hydrogens (tertiary/aromatic N) is 1. The highest BCUT2D eigenvalue weighted by Crippen LogP contribution is 2.20. The van der Waals surface area contributed by atoms with E-state index in [4.69, 9.17) is 5.11 Å². The van der Waals surface area contributed by atoms with E-state index in [9.17, 15) is 4.79 Å². The van der Waals surface area contributed by atoms with E-state index in [-0.39, 0.29) is 12.4 Å². The van der Waals surface area contributed by atoms with E-state index in [2.05, 4.69) is 11.8 Å². The molecule has 2 unspecified atom stereocenters. The first kappa shape index (κ1) is 13.7. The van der Waals surface area contributed by atoms with Crippen LogP contribution in [0.5, 0.6) is 0 Å². The van der Waals surface area contributed by atoms with Gasteiger partial charge in [-0.3, -0.25) is 9.69 Å². The van der Waals surface area contributed by atoms with Crippen LogP contribution in [0, 0.1) is 5.92 Å². The maximum absolute atomic E-state index is 11.2. The lowest BCUT2D eigenvalue weighted by Gasteiger charge is -2.31. The van der Waals surface area contributed by atoms with E-state index in [0.29, 0.717) is 18.4 Å². The number of Topliss-reactive ketones (excluding diaryl/α,β-unsaturated/α-hetero) is 1. The Bertz CT molecular complexity index is 218. The zero-order valence-electron chi connectivity index (χ0n) is 10.6. The molecule has 0 aromatic rings. The van der Waals surface area contributed by atoms with Crippen molar-refractivity contribution in [1.29, 1.82) is 0 Å². The van der Waals surface area contributed by atoms with Gasteiger partial charge in [-0.2, -0.15) is 0 Å². The van der Waals surface area contributed by atoms with Crippen molar-refractivity contribution in [3.05, 3.63) is 0 Å². The molecule has 1 fully saturated rings. The third-order valence-electron chi connectivity index (χ3n) is 3.38. The van der Waals surface area contributed by atoms with Gasteiger partial charge in [0, 0.05) is 25.6 Å². The van der Waals surface area contributed by atoms with Crippen LogP contribution >= 0.6 is 0 Å². The summed E-state index contributed by atoms with van der Waals surface area (Å²) in [4.78, 5) is 13.7. The standard InChI is InChI=1S/C13H25NO2/c1-11(10-15)9-14-7-5-3-4-6-13(14)8-12(2)16/h11,13,15H,3-10H2,1-2H3. The summed E-state index contributed by atoms with van der Waals surface area (Å²) in [7, 11) is 0. The molecule has 0 aromatic heterocycles. The van der Waals surface area contributed by atoms with Crippen LogP contribution in [-0.4, -0.2) is 41.5 Å². The zero-order chi connectivity index (χ0) is 12.0. The maximum atomic E-state index is 11.2. The lowest BCUT2D eigenvalue weighted by molar-refractivity contribution is -0.118. The molecule has 0 aromatic carbocycles. The van der Waals surface area contributed by atoms with Crippen molar-refractivity contribution in [2.24, 2.45) is 5.92 Å². The van der Waals surface area contributed by atoms with Crippen molar-refractivity contribution >= 4 is 5.78 Å². The number of ketones is 1. The number of carbonyl (C=O) groups is 1. The number of hydrogen-bond acceptors (Lipinski definition) is 3. The molecule has 1 aliphatic rings. The molecule has 3 heteroatoms. The number of carbonyl (C=O) groups excluding carboxylic acids is 1. The van der Waals surface area contributed by atoms with E-state index in [1.165, 1.54) is 19.3 Å². The fourth-order valence-electron chi connectivity index (χ4n) is 2.50. The van der Waals surface area contributed by atoms with E-state index < -0.39 is 0 Å². The normalized spacial score (nSPS) is 25.1. The number of aliphatic hydroxyl groups excluding tert-OH is 1. The summed E-state index contributed by atoms with van der Waals surface area (Å²) in [6, 6.07) is 0.411. The summed E-state index contributed by atoms with van der Waals surface area (Å²) in [5, 5.41) is 9.11. The molecule has 16 heavy (non-hydrogen) atoms. The second-order valence-corrected chi connectivity index (χ2v) is 5.19. The molecule has 1 saturated heterocycles. The summed E-state index contributed by atoms with van der Waals surface area (Å²) in [5.74, 6) is 0.598. The Morgan fingerprint density at radius 1 is 1.44 bits per heavy atom. The molecule has 1 N–H and O–H groups in total. The Morgan fingerprint density at radius 3 is 2.81 bits per heavy atom. The number of hydrogen-bond donors (Lipinski definition) is 1. The maximum Gasteiger partial charge on any atom is 0.131 e. The fraction of sp³-hybridized carbons (Fsp3) is 0.923. The molecule has 1 rings (SSSR count). The minimum Gasteiger partial charge on any atom is -0.396 e. The smallest absolute Gasteiger partial charge is 0.131 e. The Balaban J connectivity index is 2.54. The summed E-state index contributed by atoms with van der Waals surface area (Å²) >= 11 is 0. The molecule has 1 heterocycles. The summed E-state index contributed by atoms with van der Waals surface area (Å²) < 4.78 is 0. The van der Waals surface area contributed by atoms with Crippen LogP contribution < -0.4 is 0 Å². The molecule has 3 nitrogen and oxygen atoms in total. The lowest BCUT2D eigenvalue weighted by Crippen LogP contribution is -2.39. The third kappa shape index (κ3) is 4.62. The average molecular weight is 227 g/mol. The van der Waals surface area contributed by atoms with Gasteiger partial charge >= 0.3 is 0 Å². The summed E-state index contributed by atoms with van der Waals surface area (Å²) in [5.41, 5.74) is 0. The molecule has 0 aliphatic carbocycles. The Kier molecular flexibility index (Phi) is 5.99. The highest BCUT2D eigenvalue weighted by molar-refractivity contribution is 5.76. The first-order chi connectivity index (χ1) is 7.63. The molecule has 0 spiro atoms. The summed E-state index contributed by atoms with van der Waals surface area (Å²) in [6.45, 7) is 5.99. The van der Waals surface area contributed by atoms with Crippen molar-refractivity contribution in [3.63, 3.8) is 0 Å². The van der Waals surface area contributed by atoms with Gasteiger partial charge in [-0.05, 0) is 32.2 Å². The first-order valence-electron chi connectivity index (χ1n) is 6.47. The SMILES string of the molecule is CC(=O)CC1CCCCCN1CC(C)CO. The molecule has 94 valence electrons. The van der Waals surface area contributed by atoms with Crippen molar-refractivity contribution in [2.75, 3.05) is 19.7 Å². The lowest BCUT2D eigenvalue weighted by atomic mass is 10.0. The van der Waals surface area contributed by atoms with E-state index >= 15 is 0 Å². The minimum atomic E-state index is 0.239. The molecule has 2 atom stereocenters. The predicted molar refractivity (Wildman–Crippen MR) is 65.4 cm³/mol. The van der Waals surface area contributed by atoms with Gasteiger partial charge in [0.1, 0.15) is 5.78 Å². The minimum absolute atomic E-state index is 0.239. The topological polar surface area (TPSA) is 40.5 Å². The Hall–Kier alpha value is -0.410. The second-order valence-electron chi connectivity index (χ2n) is 5.19. The van der Waals surface area contributed by atoms with Crippen LogP contribution in [0.25, 0.3) is 0 Å². The van der Waals surface area contributed by atoms with Gasteiger partial charge in [-0.25, -0.2) is 0 Å². The van der Waals surface area contributed by atoms with Crippen LogP contribution in [-0.2, 0) is 4.79 Å². The van der Waals surface area contributed by atoms with Gasteiger partial charge < -0.3 is 5.11 Å². The van der Waals surface area contributed by atoms with Crippen molar-refractivity contribution in [2.45, 2.75) is 52.0 Å². The number of rotatable bonds is 5. The molecular weight excluding hydrogens is 202 g/mol. The van der Waals surface area contributed by atoms with Gasteiger partial charge in [-0.15, -0.1) is 0 Å². The largest absolute Gasteiger partial charge is 0.396 e. The molecule has 0 bridgehead atoms. The Labute approximate surface area is 98.8 Å². The number of likely N-dealkylation sites (tertiary alicyclic amines) is 1. The average Bonchev–Trinajstić information content (AvgIpc) is 2.44. The third-order valence-corrected chi connectivity index (χ3v) is 3.38. The molecule has 1 aliphatic heterocycles. The summed E-state index contributed by atoms with van der Waals surface area (Å²) in [6.07, 6.45) is 5.56. The van der Waals surface area contributed by atoms with Gasteiger partial charge in [0.05, 0.1) is 0 Å². The quantitative estimate of drug-likeness (QED) is 0.779. The van der Waals surface area contributed by atoms with E-state index in [0.717, 1.165) is 19.5 Å². The van der Waals surface area contributed by atoms with Crippen LogP contribution in [0.2, 0.25) is 0 Å². The first-order valence-corrected chi connectivity index (χ1v) is 6.47. The molecule has 0 amide bonds. The Morgan fingerprint density at radius 2 is 2.19 bits per heavy atom. The highest BCUT2D eigenvalue weighted by atomic mass is 16.3. The van der Waals surface area contributed by atoms with Crippen molar-refractivity contribution in [1.82, 2.24) is 4.90 Å². The second kappa shape index (κ2) is 7.02. The van der Waals surface area contributed by atoms with Gasteiger partial charge in [0.15, 0.2) is 0 Å². The van der Waals surface area contributed by atoms with Gasteiger partial charge in [-0.1, -0.05) is 19.8 Å². The van der Waals surface area contributed by atoms with Crippen LogP contribution in [0.1, 0.15) is 46.0 Å². The van der Waals surface area contributed by atoms with Gasteiger partial charge in [0.2, 0.25) is 0 Å². The van der Waals surface area contributed by atoms with E-state index in [1.807, 2.05) is 0 Å². The van der Waals surface area contributed by atoms with Gasteiger partial charge in [0.25, 0.3) is 0 Å². The predicted octanol–water partition coefficient (Wildman–Crippen LogP) is 1.84. The molecular formula is C13H25NO2. The fourth-order valence-corrected chi connectivity index (χ4v) is 2.50. The monoisotopic (exact) mass is 227 g/mol. The van der Waals surface area contributed by atoms with E-state index in [1.54, 1.807) is 6.92 Å². The zero-order valence-corrected chi connectivity index (χ0v) is 10.6. The van der Waals surface area contributed by atoms with Crippen LogP contribution in [0.15, 0.2) is 0 Å². The van der Waals surface area contributed by atoms with Crippen LogP contribution in [0.4, 0.5) is 0 Å². The molecule has 0 saturated carbocycles. The van der Waals surface area contributed by atoms with Crippen LogP contribution in [0.3, 0.4) is 0 Å². The highest BCUT2D eigenvalue weighted by Gasteiger charge is 2.23. The van der Waals surface area contributed by atoms with Crippen molar-refractivity contribution < 1.29 is 9.90 Å².